The fourth-order valence-corrected chi connectivity index (χ4v) is 3.89. The van der Waals surface area contributed by atoms with E-state index in [1.54, 1.807) is 47.2 Å². The van der Waals surface area contributed by atoms with Gasteiger partial charge in [-0.15, -0.1) is 0 Å². The van der Waals surface area contributed by atoms with E-state index in [1.165, 1.54) is 0 Å². The van der Waals surface area contributed by atoms with Crippen LogP contribution >= 0.6 is 0 Å². The zero-order chi connectivity index (χ0) is 21.4. The Morgan fingerprint density at radius 1 is 1.27 bits per heavy atom. The van der Waals surface area contributed by atoms with Crippen LogP contribution in [-0.4, -0.2) is 44.6 Å². The van der Waals surface area contributed by atoms with Gasteiger partial charge in [0.15, 0.2) is 5.82 Å². The topological polar surface area (TPSA) is 90.9 Å². The number of benzene rings is 1. The first kappa shape index (κ1) is 19.6. The first-order valence-corrected chi connectivity index (χ1v) is 9.93. The molecular weight excluding hydrogens is 378 g/mol. The van der Waals surface area contributed by atoms with Crippen LogP contribution in [0.4, 0.5) is 11.5 Å². The van der Waals surface area contributed by atoms with Crippen LogP contribution in [0.2, 0.25) is 0 Å². The molecule has 0 saturated carbocycles. The number of nitriles is 1. The molecule has 8 heteroatoms. The van der Waals surface area contributed by atoms with Crippen LogP contribution in [0.5, 0.6) is 0 Å². The molecule has 3 aromatic rings. The highest BCUT2D eigenvalue weighted by Gasteiger charge is 2.38. The van der Waals surface area contributed by atoms with E-state index in [0.717, 1.165) is 11.4 Å². The molecule has 30 heavy (non-hydrogen) atoms. The summed E-state index contributed by atoms with van der Waals surface area (Å²) in [7, 11) is 1.76. The summed E-state index contributed by atoms with van der Waals surface area (Å²) in [4.78, 5) is 30.4. The summed E-state index contributed by atoms with van der Waals surface area (Å²) in [6.07, 6.45) is 5.86. The molecule has 1 aliphatic rings. The average molecular weight is 401 g/mol. The molecule has 1 aromatic carbocycles. The molecule has 2 aromatic heterocycles. The molecule has 8 nitrogen and oxygen atoms in total. The van der Waals surface area contributed by atoms with E-state index in [9.17, 15) is 10.1 Å². The fraction of sp³-hybridized carbons (Fsp3) is 0.318. The summed E-state index contributed by atoms with van der Waals surface area (Å²) >= 11 is 0. The quantitative estimate of drug-likeness (QED) is 0.667. The van der Waals surface area contributed by atoms with Gasteiger partial charge in [0.1, 0.15) is 17.6 Å². The molecule has 0 bridgehead atoms. The Bertz CT molecular complexity index is 1140. The summed E-state index contributed by atoms with van der Waals surface area (Å²) in [6, 6.07) is 9.26. The smallest absolute Gasteiger partial charge is 0.249 e. The summed E-state index contributed by atoms with van der Waals surface area (Å²) < 4.78 is 1.80. The lowest BCUT2D eigenvalue weighted by Crippen LogP contribution is -2.55. The Labute approximate surface area is 175 Å². The summed E-state index contributed by atoms with van der Waals surface area (Å²) in [5, 5.41) is 9.21. The van der Waals surface area contributed by atoms with Crippen molar-refractivity contribution in [2.24, 2.45) is 0 Å². The molecule has 1 aliphatic heterocycles. The van der Waals surface area contributed by atoms with Crippen LogP contribution < -0.4 is 9.80 Å². The fourth-order valence-electron chi connectivity index (χ4n) is 3.89. The Balaban J connectivity index is 1.85. The number of imidazole rings is 1. The maximum atomic E-state index is 12.8. The van der Waals surface area contributed by atoms with Crippen molar-refractivity contribution < 1.29 is 4.79 Å². The van der Waals surface area contributed by atoms with Crippen molar-refractivity contribution in [1.82, 2.24) is 19.5 Å². The first-order chi connectivity index (χ1) is 14.5. The number of rotatable bonds is 4. The zero-order valence-corrected chi connectivity index (χ0v) is 17.4. The lowest BCUT2D eigenvalue weighted by molar-refractivity contribution is -0.120. The predicted molar refractivity (Wildman–Crippen MR) is 114 cm³/mol. The van der Waals surface area contributed by atoms with Crippen LogP contribution in [0.25, 0.3) is 17.3 Å². The van der Waals surface area contributed by atoms with E-state index < -0.39 is 0 Å². The molecule has 3 heterocycles. The number of hydrogen-bond donors (Lipinski definition) is 0. The third-order valence-corrected chi connectivity index (χ3v) is 5.34. The second kappa shape index (κ2) is 7.59. The zero-order valence-electron chi connectivity index (χ0n) is 17.4. The van der Waals surface area contributed by atoms with Gasteiger partial charge >= 0.3 is 0 Å². The molecule has 4 rings (SSSR count). The Morgan fingerprint density at radius 3 is 2.77 bits per heavy atom. The SMILES string of the molecule is CCC1C(=O)N(C)c2cnc(-n3ccnc3-c3cccc(C#N)c3)nc2N1C(C)C. The molecule has 152 valence electrons. The molecule has 1 amide bonds. The van der Waals surface area contributed by atoms with Gasteiger partial charge in [-0.2, -0.15) is 10.2 Å². The molecule has 0 fully saturated rings. The van der Waals surface area contributed by atoms with Gasteiger partial charge in [0, 0.05) is 31.0 Å². The highest BCUT2D eigenvalue weighted by molar-refractivity contribution is 6.04. The van der Waals surface area contributed by atoms with Gasteiger partial charge in [-0.3, -0.25) is 9.36 Å². The Morgan fingerprint density at radius 2 is 2.07 bits per heavy atom. The van der Waals surface area contributed by atoms with E-state index in [4.69, 9.17) is 4.98 Å². The molecular formula is C22H23N7O. The highest BCUT2D eigenvalue weighted by atomic mass is 16.2. The number of amides is 1. The van der Waals surface area contributed by atoms with Gasteiger partial charge < -0.3 is 9.80 Å². The van der Waals surface area contributed by atoms with Gasteiger partial charge in [0.2, 0.25) is 11.9 Å². The van der Waals surface area contributed by atoms with Crippen molar-refractivity contribution in [1.29, 1.82) is 5.26 Å². The summed E-state index contributed by atoms with van der Waals surface area (Å²) in [6.45, 7) is 6.13. The summed E-state index contributed by atoms with van der Waals surface area (Å²) in [5.41, 5.74) is 2.06. The van der Waals surface area contributed by atoms with E-state index in [0.29, 0.717) is 29.4 Å². The van der Waals surface area contributed by atoms with Gasteiger partial charge in [0.25, 0.3) is 0 Å². The van der Waals surface area contributed by atoms with Crippen LogP contribution in [0.15, 0.2) is 42.9 Å². The first-order valence-electron chi connectivity index (χ1n) is 9.93. The minimum Gasteiger partial charge on any atom is -0.340 e. The lowest BCUT2D eigenvalue weighted by Gasteiger charge is -2.42. The lowest BCUT2D eigenvalue weighted by atomic mass is 10.1. The number of carbonyl (C=O) groups excluding carboxylic acids is 1. The number of nitrogens with zero attached hydrogens (tertiary/aromatic N) is 7. The molecule has 0 N–H and O–H groups in total. The van der Waals surface area contributed by atoms with Crippen molar-refractivity contribution in [3.05, 3.63) is 48.4 Å². The molecule has 0 spiro atoms. The van der Waals surface area contributed by atoms with Gasteiger partial charge in [-0.25, -0.2) is 9.97 Å². The largest absolute Gasteiger partial charge is 0.340 e. The van der Waals surface area contributed by atoms with Gasteiger partial charge in [-0.05, 0) is 32.4 Å². The van der Waals surface area contributed by atoms with Crippen LogP contribution in [0.1, 0.15) is 32.8 Å². The number of fused-ring (bicyclic) bond motifs is 1. The minimum atomic E-state index is -0.264. The number of carbonyl (C=O) groups is 1. The molecule has 0 radical (unpaired) electrons. The second-order valence-corrected chi connectivity index (χ2v) is 7.51. The van der Waals surface area contributed by atoms with Crippen molar-refractivity contribution in [2.75, 3.05) is 16.8 Å². The predicted octanol–water partition coefficient (Wildman–Crippen LogP) is 3.17. The standard InChI is InChI=1S/C22H23N7O/c1-5-17-21(30)27(4)18-13-25-22(26-20(18)29(17)14(2)3)28-10-9-24-19(28)16-8-6-7-15(11-16)12-23/h6-11,13-14,17H,5H2,1-4H3. The second-order valence-electron chi connectivity index (χ2n) is 7.51. The average Bonchev–Trinajstić information content (AvgIpc) is 3.25. The van der Waals surface area contributed by atoms with E-state index in [-0.39, 0.29) is 18.0 Å². The molecule has 1 atom stereocenters. The van der Waals surface area contributed by atoms with Crippen LogP contribution in [0.3, 0.4) is 0 Å². The van der Waals surface area contributed by atoms with Crippen LogP contribution in [-0.2, 0) is 4.79 Å². The Hall–Kier alpha value is -3.73. The van der Waals surface area contributed by atoms with E-state index in [2.05, 4.69) is 34.8 Å². The van der Waals surface area contributed by atoms with Crippen LogP contribution in [0, 0.1) is 11.3 Å². The van der Waals surface area contributed by atoms with Crippen molar-refractivity contribution in [2.45, 2.75) is 39.3 Å². The van der Waals surface area contributed by atoms with Crippen molar-refractivity contribution in [3.63, 3.8) is 0 Å². The van der Waals surface area contributed by atoms with Crippen molar-refractivity contribution >= 4 is 17.4 Å². The maximum absolute atomic E-state index is 12.8. The Kier molecular flexibility index (Phi) is 4.96. The number of likely N-dealkylation sites (N-methyl/N-ethyl adjacent to an activating group) is 1. The third kappa shape index (κ3) is 3.08. The number of aromatic nitrogens is 4. The normalized spacial score (nSPS) is 16.0. The third-order valence-electron chi connectivity index (χ3n) is 5.34. The maximum Gasteiger partial charge on any atom is 0.249 e. The monoisotopic (exact) mass is 401 g/mol. The summed E-state index contributed by atoms with van der Waals surface area (Å²) in [5.74, 6) is 1.89. The van der Waals surface area contributed by atoms with E-state index >= 15 is 0 Å². The van der Waals surface area contributed by atoms with Crippen molar-refractivity contribution in [3.8, 4) is 23.4 Å². The van der Waals surface area contributed by atoms with Gasteiger partial charge in [0.05, 0.1) is 17.8 Å². The van der Waals surface area contributed by atoms with E-state index in [1.807, 2.05) is 19.1 Å². The number of anilines is 2. The molecule has 0 saturated heterocycles. The molecule has 0 aliphatic carbocycles. The highest BCUT2D eigenvalue weighted by Crippen LogP contribution is 2.36. The van der Waals surface area contributed by atoms with Gasteiger partial charge in [-0.1, -0.05) is 19.1 Å². The minimum absolute atomic E-state index is 0.0479. The molecule has 1 unspecified atom stereocenters. The number of hydrogen-bond acceptors (Lipinski definition) is 6.